The largest absolute Gasteiger partial charge is 0.489 e. The van der Waals surface area contributed by atoms with Crippen LogP contribution in [0, 0.1) is 5.41 Å². The normalized spacial score (nSPS) is 18.3. The molecule has 5 rings (SSSR count). The summed E-state index contributed by atoms with van der Waals surface area (Å²) in [5.41, 5.74) is 2.03. The van der Waals surface area contributed by atoms with Gasteiger partial charge in [-0.1, -0.05) is 30.0 Å². The number of rotatable bonds is 4. The summed E-state index contributed by atoms with van der Waals surface area (Å²) < 4.78 is 16.5. The van der Waals surface area contributed by atoms with E-state index in [1.54, 1.807) is 22.6 Å². The van der Waals surface area contributed by atoms with Gasteiger partial charge in [-0.3, -0.25) is 15.1 Å². The zero-order valence-electron chi connectivity index (χ0n) is 15.1. The van der Waals surface area contributed by atoms with E-state index in [4.69, 9.17) is 19.6 Å². The van der Waals surface area contributed by atoms with E-state index < -0.39 is 5.91 Å². The maximum atomic E-state index is 12.3. The van der Waals surface area contributed by atoms with Crippen LogP contribution in [0.25, 0.3) is 6.08 Å². The van der Waals surface area contributed by atoms with Gasteiger partial charge in [-0.25, -0.2) is 0 Å². The minimum absolute atomic E-state index is 0.129. The van der Waals surface area contributed by atoms with Crippen molar-refractivity contribution in [3.8, 4) is 17.2 Å². The van der Waals surface area contributed by atoms with Crippen molar-refractivity contribution in [1.29, 1.82) is 5.41 Å². The van der Waals surface area contributed by atoms with E-state index in [2.05, 4.69) is 4.99 Å². The van der Waals surface area contributed by atoms with Gasteiger partial charge < -0.3 is 14.2 Å². The first-order chi connectivity index (χ1) is 14.2. The zero-order valence-corrected chi connectivity index (χ0v) is 15.9. The number of ether oxygens (including phenoxy) is 3. The minimum atomic E-state index is -0.402. The smallest absolute Gasteiger partial charge is 0.283 e. The Hall–Kier alpha value is -3.52. The summed E-state index contributed by atoms with van der Waals surface area (Å²) in [6.45, 7) is 0.646. The molecule has 3 heterocycles. The van der Waals surface area contributed by atoms with E-state index in [1.165, 1.54) is 11.8 Å². The standard InChI is InChI=1S/C21H15N3O4S/c22-19-16(20(25)23-21-24(19)7-8-29-21)9-13-1-4-15(5-2-13)26-11-14-3-6-17-18(10-14)28-12-27-17/h1-10,22H,11-12H2/b16-9-,22-19?. The monoisotopic (exact) mass is 405 g/mol. The number of amides is 1. The van der Waals surface area contributed by atoms with Crippen LogP contribution in [0.2, 0.25) is 0 Å². The van der Waals surface area contributed by atoms with Gasteiger partial charge in [0.2, 0.25) is 6.79 Å². The molecule has 0 aliphatic carbocycles. The Kier molecular flexibility index (Phi) is 4.33. The van der Waals surface area contributed by atoms with Crippen molar-refractivity contribution in [1.82, 2.24) is 4.90 Å². The number of fused-ring (bicyclic) bond motifs is 2. The van der Waals surface area contributed by atoms with Crippen LogP contribution in [0.15, 0.2) is 64.6 Å². The Morgan fingerprint density at radius 1 is 1.17 bits per heavy atom. The first-order valence-electron chi connectivity index (χ1n) is 8.85. The third-order valence-electron chi connectivity index (χ3n) is 4.55. The highest BCUT2D eigenvalue weighted by atomic mass is 32.2. The summed E-state index contributed by atoms with van der Waals surface area (Å²) in [4.78, 5) is 17.9. The fraction of sp³-hybridized carbons (Fsp3) is 0.0952. The number of nitrogens with zero attached hydrogens (tertiary/aromatic N) is 2. The lowest BCUT2D eigenvalue weighted by Crippen LogP contribution is -2.35. The molecule has 2 aromatic rings. The summed E-state index contributed by atoms with van der Waals surface area (Å²) >= 11 is 1.33. The highest BCUT2D eigenvalue weighted by Crippen LogP contribution is 2.33. The molecular weight excluding hydrogens is 390 g/mol. The molecule has 1 N–H and O–H groups in total. The van der Waals surface area contributed by atoms with Gasteiger partial charge in [0.05, 0.1) is 5.57 Å². The Labute approximate surface area is 170 Å². The Balaban J connectivity index is 1.28. The molecule has 29 heavy (non-hydrogen) atoms. The molecule has 1 amide bonds. The summed E-state index contributed by atoms with van der Waals surface area (Å²) in [6.07, 6.45) is 3.41. The van der Waals surface area contributed by atoms with Gasteiger partial charge in [0, 0.05) is 6.20 Å². The lowest BCUT2D eigenvalue weighted by atomic mass is 10.1. The first kappa shape index (κ1) is 17.6. The van der Waals surface area contributed by atoms with Crippen molar-refractivity contribution in [3.63, 3.8) is 0 Å². The molecule has 8 heteroatoms. The van der Waals surface area contributed by atoms with Crippen LogP contribution in [0.4, 0.5) is 0 Å². The second-order valence-electron chi connectivity index (χ2n) is 6.42. The van der Waals surface area contributed by atoms with Crippen molar-refractivity contribution < 1.29 is 19.0 Å². The molecule has 0 spiro atoms. The topological polar surface area (TPSA) is 84.2 Å². The first-order valence-corrected chi connectivity index (χ1v) is 9.73. The minimum Gasteiger partial charge on any atom is -0.489 e. The van der Waals surface area contributed by atoms with E-state index in [0.29, 0.717) is 17.5 Å². The molecule has 0 fully saturated rings. The van der Waals surface area contributed by atoms with Gasteiger partial charge in [-0.15, -0.1) is 0 Å². The van der Waals surface area contributed by atoms with E-state index in [9.17, 15) is 4.79 Å². The lowest BCUT2D eigenvalue weighted by molar-refractivity contribution is -0.114. The highest BCUT2D eigenvalue weighted by Gasteiger charge is 2.30. The molecule has 2 aromatic carbocycles. The maximum absolute atomic E-state index is 12.3. The van der Waals surface area contributed by atoms with Crippen LogP contribution in [0.5, 0.6) is 17.2 Å². The summed E-state index contributed by atoms with van der Waals surface area (Å²) in [6, 6.07) is 13.1. The van der Waals surface area contributed by atoms with E-state index in [1.807, 2.05) is 42.5 Å². The third kappa shape index (κ3) is 3.38. The fourth-order valence-corrected chi connectivity index (χ4v) is 3.76. The predicted molar refractivity (Wildman–Crippen MR) is 110 cm³/mol. The third-order valence-corrected chi connectivity index (χ3v) is 5.30. The molecule has 0 aromatic heterocycles. The van der Waals surface area contributed by atoms with Gasteiger partial charge in [0.25, 0.3) is 5.91 Å². The second-order valence-corrected chi connectivity index (χ2v) is 7.30. The molecule has 0 radical (unpaired) electrons. The molecule has 0 saturated carbocycles. The summed E-state index contributed by atoms with van der Waals surface area (Å²) in [5, 5.41) is 10.6. The maximum Gasteiger partial charge on any atom is 0.283 e. The van der Waals surface area contributed by atoms with Gasteiger partial charge >= 0.3 is 0 Å². The molecule has 3 aliphatic rings. The molecule has 0 bridgehead atoms. The van der Waals surface area contributed by atoms with Gasteiger partial charge in [0.15, 0.2) is 16.7 Å². The zero-order chi connectivity index (χ0) is 19.8. The summed E-state index contributed by atoms with van der Waals surface area (Å²) in [7, 11) is 0. The van der Waals surface area contributed by atoms with Crippen molar-refractivity contribution in [2.24, 2.45) is 4.99 Å². The molecule has 0 unspecified atom stereocenters. The summed E-state index contributed by atoms with van der Waals surface area (Å²) in [5.74, 6) is 1.90. The van der Waals surface area contributed by atoms with Crippen molar-refractivity contribution >= 4 is 34.7 Å². The molecule has 3 aliphatic heterocycles. The van der Waals surface area contributed by atoms with E-state index in [0.717, 1.165) is 22.6 Å². The van der Waals surface area contributed by atoms with Crippen LogP contribution in [-0.4, -0.2) is 28.6 Å². The van der Waals surface area contributed by atoms with E-state index >= 15 is 0 Å². The average Bonchev–Trinajstić information content (AvgIpc) is 3.39. The number of thioether (sulfide) groups is 1. The number of aliphatic imine (C=N–C) groups is 1. The van der Waals surface area contributed by atoms with Crippen LogP contribution < -0.4 is 14.2 Å². The molecule has 0 saturated heterocycles. The second kappa shape index (κ2) is 7.14. The van der Waals surface area contributed by atoms with Crippen LogP contribution in [0.1, 0.15) is 11.1 Å². The van der Waals surface area contributed by atoms with Crippen LogP contribution in [-0.2, 0) is 11.4 Å². The van der Waals surface area contributed by atoms with Crippen molar-refractivity contribution in [3.05, 3.63) is 70.8 Å². The van der Waals surface area contributed by atoms with Gasteiger partial charge in [-0.2, -0.15) is 4.99 Å². The Bertz CT molecular complexity index is 1110. The number of hydrogen-bond donors (Lipinski definition) is 1. The number of benzene rings is 2. The Morgan fingerprint density at radius 3 is 2.86 bits per heavy atom. The number of carbonyl (C=O) groups excluding carboxylic acids is 1. The SMILES string of the molecule is N=C1/C(=C/c2ccc(OCc3ccc4c(c3)OCO4)cc2)C(=O)N=C2SC=CN12. The number of carbonyl (C=O) groups is 1. The number of amidine groups is 2. The molecule has 144 valence electrons. The predicted octanol–water partition coefficient (Wildman–Crippen LogP) is 3.77. The fourth-order valence-electron chi connectivity index (χ4n) is 3.06. The van der Waals surface area contributed by atoms with Crippen molar-refractivity contribution in [2.75, 3.05) is 6.79 Å². The van der Waals surface area contributed by atoms with Crippen molar-refractivity contribution in [2.45, 2.75) is 6.61 Å². The average molecular weight is 405 g/mol. The molecular formula is C21H15N3O4S. The lowest BCUT2D eigenvalue weighted by Gasteiger charge is -2.22. The number of nitrogens with one attached hydrogen (secondary N) is 1. The quantitative estimate of drug-likeness (QED) is 0.780. The Morgan fingerprint density at radius 2 is 2.00 bits per heavy atom. The van der Waals surface area contributed by atoms with Crippen LogP contribution in [0.3, 0.4) is 0 Å². The molecule has 0 atom stereocenters. The highest BCUT2D eigenvalue weighted by molar-refractivity contribution is 8.16. The van der Waals surface area contributed by atoms with E-state index in [-0.39, 0.29) is 18.2 Å². The van der Waals surface area contributed by atoms with Gasteiger partial charge in [-0.05, 0) is 46.9 Å². The number of hydrogen-bond acceptors (Lipinski definition) is 6. The van der Waals surface area contributed by atoms with Gasteiger partial charge in [0.1, 0.15) is 18.2 Å². The van der Waals surface area contributed by atoms with Crippen LogP contribution >= 0.6 is 11.8 Å². The molecule has 7 nitrogen and oxygen atoms in total.